The molecule has 0 spiro atoms. The molecule has 0 aromatic heterocycles. The van der Waals surface area contributed by atoms with Crippen LogP contribution >= 0.6 is 0 Å². The highest BCUT2D eigenvalue weighted by atomic mass is 16.5. The van der Waals surface area contributed by atoms with Crippen LogP contribution in [0.1, 0.15) is 23.7 Å². The van der Waals surface area contributed by atoms with Gasteiger partial charge in [0.1, 0.15) is 5.75 Å². The average molecular weight is 221 g/mol. The van der Waals surface area contributed by atoms with Crippen molar-refractivity contribution < 1.29 is 14.3 Å². The van der Waals surface area contributed by atoms with Crippen LogP contribution < -0.4 is 10.1 Å². The third-order valence-corrected chi connectivity index (χ3v) is 2.16. The lowest BCUT2D eigenvalue weighted by Gasteiger charge is -2.10. The van der Waals surface area contributed by atoms with E-state index < -0.39 is 5.78 Å². The summed E-state index contributed by atoms with van der Waals surface area (Å²) in [6, 6.07) is 5.06. The standard InChI is InChI=1S/C12H15NO3/c1-3-6-13-11-5-4-9(16-2)7-10(11)12(15)8-14/h4-5,7-8,13H,3,6H2,1-2H3. The van der Waals surface area contributed by atoms with Crippen LogP contribution in [0.15, 0.2) is 18.2 Å². The maximum absolute atomic E-state index is 11.4. The Morgan fingerprint density at radius 3 is 2.81 bits per heavy atom. The Morgan fingerprint density at radius 1 is 1.50 bits per heavy atom. The number of carbonyl (C=O) groups excluding carboxylic acids is 2. The van der Waals surface area contributed by atoms with Crippen molar-refractivity contribution in [2.45, 2.75) is 13.3 Å². The number of Topliss-reactive ketones (excluding diaryl/α,β-unsaturated/α-hetero) is 1. The molecule has 4 nitrogen and oxygen atoms in total. The number of benzene rings is 1. The second-order valence-electron chi connectivity index (χ2n) is 3.32. The molecule has 0 bridgehead atoms. The van der Waals surface area contributed by atoms with E-state index in [1.807, 2.05) is 6.92 Å². The van der Waals surface area contributed by atoms with Crippen molar-refractivity contribution in [3.05, 3.63) is 23.8 Å². The van der Waals surface area contributed by atoms with E-state index in [1.165, 1.54) is 7.11 Å². The summed E-state index contributed by atoms with van der Waals surface area (Å²) in [5, 5.41) is 3.09. The van der Waals surface area contributed by atoms with Gasteiger partial charge in [0.15, 0.2) is 6.29 Å². The summed E-state index contributed by atoms with van der Waals surface area (Å²) in [6.45, 7) is 2.78. The highest BCUT2D eigenvalue weighted by Gasteiger charge is 2.11. The first kappa shape index (κ1) is 12.2. The van der Waals surface area contributed by atoms with E-state index in [2.05, 4.69) is 5.32 Å². The lowest BCUT2D eigenvalue weighted by atomic mass is 10.1. The van der Waals surface area contributed by atoms with Gasteiger partial charge in [-0.25, -0.2) is 0 Å². The number of carbonyl (C=O) groups is 2. The molecule has 0 atom stereocenters. The van der Waals surface area contributed by atoms with Crippen LogP contribution in [0, 0.1) is 0 Å². The predicted molar refractivity (Wildman–Crippen MR) is 62.2 cm³/mol. The maximum atomic E-state index is 11.4. The van der Waals surface area contributed by atoms with Gasteiger partial charge in [0.2, 0.25) is 5.78 Å². The van der Waals surface area contributed by atoms with Gasteiger partial charge in [0, 0.05) is 12.2 Å². The molecule has 1 rings (SSSR count). The zero-order chi connectivity index (χ0) is 12.0. The van der Waals surface area contributed by atoms with Gasteiger partial charge in [-0.15, -0.1) is 0 Å². The topological polar surface area (TPSA) is 55.4 Å². The molecule has 0 fully saturated rings. The summed E-state index contributed by atoms with van der Waals surface area (Å²) >= 11 is 0. The molecule has 16 heavy (non-hydrogen) atoms. The molecule has 0 aliphatic heterocycles. The molecule has 0 aliphatic carbocycles. The third kappa shape index (κ3) is 2.82. The van der Waals surface area contributed by atoms with Gasteiger partial charge in [-0.3, -0.25) is 9.59 Å². The lowest BCUT2D eigenvalue weighted by Crippen LogP contribution is -2.08. The largest absolute Gasteiger partial charge is 0.497 e. The minimum atomic E-state index is -0.544. The van der Waals surface area contributed by atoms with E-state index in [9.17, 15) is 9.59 Å². The summed E-state index contributed by atoms with van der Waals surface area (Å²) < 4.78 is 5.01. The van der Waals surface area contributed by atoms with Crippen LogP contribution in [-0.4, -0.2) is 25.7 Å². The van der Waals surface area contributed by atoms with Gasteiger partial charge in [0.25, 0.3) is 0 Å². The highest BCUT2D eigenvalue weighted by molar-refractivity contribution is 6.34. The van der Waals surface area contributed by atoms with Crippen LogP contribution in [0.25, 0.3) is 0 Å². The van der Waals surface area contributed by atoms with Gasteiger partial charge in [-0.1, -0.05) is 6.92 Å². The highest BCUT2D eigenvalue weighted by Crippen LogP contribution is 2.22. The number of ketones is 1. The second-order valence-corrected chi connectivity index (χ2v) is 3.32. The number of nitrogens with one attached hydrogen (secondary N) is 1. The fourth-order valence-electron chi connectivity index (χ4n) is 1.33. The van der Waals surface area contributed by atoms with E-state index in [0.717, 1.165) is 13.0 Å². The first-order valence-electron chi connectivity index (χ1n) is 5.14. The Kier molecular flexibility index (Phi) is 4.51. The average Bonchev–Trinajstić information content (AvgIpc) is 2.35. The first-order chi connectivity index (χ1) is 7.72. The Balaban J connectivity index is 3.05. The summed E-state index contributed by atoms with van der Waals surface area (Å²) in [4.78, 5) is 21.9. The van der Waals surface area contributed by atoms with Gasteiger partial charge >= 0.3 is 0 Å². The van der Waals surface area contributed by atoms with E-state index in [-0.39, 0.29) is 0 Å². The van der Waals surface area contributed by atoms with Crippen molar-refractivity contribution in [2.24, 2.45) is 0 Å². The normalized spacial score (nSPS) is 9.62. The molecule has 1 N–H and O–H groups in total. The van der Waals surface area contributed by atoms with Crippen molar-refractivity contribution >= 4 is 17.8 Å². The van der Waals surface area contributed by atoms with Gasteiger partial charge in [-0.2, -0.15) is 0 Å². The fraction of sp³-hybridized carbons (Fsp3) is 0.333. The van der Waals surface area contributed by atoms with E-state index >= 15 is 0 Å². The predicted octanol–water partition coefficient (Wildman–Crippen LogP) is 1.90. The summed E-state index contributed by atoms with van der Waals surface area (Å²) in [7, 11) is 1.52. The van der Waals surface area contributed by atoms with Crippen molar-refractivity contribution in [1.29, 1.82) is 0 Å². The molecule has 4 heteroatoms. The van der Waals surface area contributed by atoms with E-state index in [4.69, 9.17) is 4.74 Å². The smallest absolute Gasteiger partial charge is 0.227 e. The molecule has 0 radical (unpaired) electrons. The monoisotopic (exact) mass is 221 g/mol. The molecule has 0 saturated heterocycles. The third-order valence-electron chi connectivity index (χ3n) is 2.16. The van der Waals surface area contributed by atoms with E-state index in [1.54, 1.807) is 18.2 Å². The SMILES string of the molecule is CCCNc1ccc(OC)cc1C(=O)C=O. The maximum Gasteiger partial charge on any atom is 0.227 e. The van der Waals surface area contributed by atoms with Crippen molar-refractivity contribution in [3.8, 4) is 5.75 Å². The van der Waals surface area contributed by atoms with Gasteiger partial charge in [-0.05, 0) is 24.6 Å². The molecular formula is C12H15NO3. The summed E-state index contributed by atoms with van der Waals surface area (Å²) in [5.74, 6) is 0.0183. The Bertz CT molecular complexity index is 388. The second kappa shape index (κ2) is 5.90. The molecule has 0 amide bonds. The van der Waals surface area contributed by atoms with Crippen molar-refractivity contribution in [3.63, 3.8) is 0 Å². The molecule has 86 valence electrons. The molecular weight excluding hydrogens is 206 g/mol. The number of aldehydes is 1. The van der Waals surface area contributed by atoms with Crippen LogP contribution in [-0.2, 0) is 4.79 Å². The molecule has 0 aliphatic rings. The number of methoxy groups -OCH3 is 1. The number of ether oxygens (including phenoxy) is 1. The molecule has 0 heterocycles. The number of hydrogen-bond acceptors (Lipinski definition) is 4. The molecule has 1 aromatic carbocycles. The first-order valence-corrected chi connectivity index (χ1v) is 5.14. The van der Waals surface area contributed by atoms with Gasteiger partial charge < -0.3 is 10.1 Å². The minimum absolute atomic E-state index is 0.311. The molecule has 1 aromatic rings. The summed E-state index contributed by atoms with van der Waals surface area (Å²) in [6.07, 6.45) is 1.26. The van der Waals surface area contributed by atoms with Crippen LogP contribution in [0.2, 0.25) is 0 Å². The number of anilines is 1. The molecule has 0 unspecified atom stereocenters. The fourth-order valence-corrected chi connectivity index (χ4v) is 1.33. The summed E-state index contributed by atoms with van der Waals surface area (Å²) in [5.41, 5.74) is 1.02. The van der Waals surface area contributed by atoms with E-state index in [0.29, 0.717) is 23.3 Å². The Morgan fingerprint density at radius 2 is 2.25 bits per heavy atom. The van der Waals surface area contributed by atoms with Crippen molar-refractivity contribution in [1.82, 2.24) is 0 Å². The zero-order valence-electron chi connectivity index (χ0n) is 9.45. The number of rotatable bonds is 6. The molecule has 0 saturated carbocycles. The van der Waals surface area contributed by atoms with Crippen LogP contribution in [0.5, 0.6) is 5.75 Å². The Labute approximate surface area is 94.6 Å². The van der Waals surface area contributed by atoms with Gasteiger partial charge in [0.05, 0.1) is 12.7 Å². The minimum Gasteiger partial charge on any atom is -0.497 e. The van der Waals surface area contributed by atoms with Crippen LogP contribution in [0.4, 0.5) is 5.69 Å². The Hall–Kier alpha value is -1.84. The quantitative estimate of drug-likeness (QED) is 0.453. The number of hydrogen-bond donors (Lipinski definition) is 1. The van der Waals surface area contributed by atoms with Crippen LogP contribution in [0.3, 0.4) is 0 Å². The van der Waals surface area contributed by atoms with Crippen molar-refractivity contribution in [2.75, 3.05) is 19.0 Å². The zero-order valence-corrected chi connectivity index (χ0v) is 9.45. The lowest BCUT2D eigenvalue weighted by molar-refractivity contribution is -0.104.